The molecule has 2 fully saturated rings. The molecular formula is C18H27ClN2O. The van der Waals surface area contributed by atoms with Crippen molar-refractivity contribution >= 4 is 11.6 Å². The topological polar surface area (TPSA) is 24.5 Å². The van der Waals surface area contributed by atoms with E-state index >= 15 is 0 Å². The van der Waals surface area contributed by atoms with E-state index in [1.165, 1.54) is 58.4 Å². The van der Waals surface area contributed by atoms with Gasteiger partial charge in [0.05, 0.1) is 11.6 Å². The van der Waals surface area contributed by atoms with Crippen LogP contribution in [0.5, 0.6) is 5.75 Å². The van der Waals surface area contributed by atoms with Gasteiger partial charge in [-0.3, -0.25) is 0 Å². The third-order valence-corrected chi connectivity index (χ3v) is 5.14. The molecule has 122 valence electrons. The van der Waals surface area contributed by atoms with Crippen molar-refractivity contribution < 1.29 is 4.74 Å². The average Bonchev–Trinajstić information content (AvgIpc) is 2.55. The first-order chi connectivity index (χ1) is 10.8. The number of hydrogen-bond donors (Lipinski definition) is 1. The first-order valence-corrected chi connectivity index (χ1v) is 8.99. The quantitative estimate of drug-likeness (QED) is 0.899. The molecule has 0 amide bonds. The normalized spacial score (nSPS) is 26.8. The molecule has 3 rings (SSSR count). The zero-order valence-electron chi connectivity index (χ0n) is 13.3. The highest BCUT2D eigenvalue weighted by Gasteiger charge is 2.23. The van der Waals surface area contributed by atoms with Crippen molar-refractivity contribution in [3.05, 3.63) is 29.3 Å². The van der Waals surface area contributed by atoms with Gasteiger partial charge in [0.15, 0.2) is 0 Å². The minimum atomic E-state index is 0.626. The van der Waals surface area contributed by atoms with Gasteiger partial charge in [0, 0.05) is 19.0 Å². The van der Waals surface area contributed by atoms with Crippen LogP contribution in [0.3, 0.4) is 0 Å². The van der Waals surface area contributed by atoms with E-state index in [0.29, 0.717) is 10.9 Å². The van der Waals surface area contributed by atoms with E-state index < -0.39 is 0 Å². The van der Waals surface area contributed by atoms with E-state index in [-0.39, 0.29) is 0 Å². The molecule has 0 bridgehead atoms. The second-order valence-electron chi connectivity index (χ2n) is 6.72. The molecule has 0 spiro atoms. The van der Waals surface area contributed by atoms with Gasteiger partial charge in [-0.2, -0.15) is 0 Å². The summed E-state index contributed by atoms with van der Waals surface area (Å²) in [4.78, 5) is 2.64. The summed E-state index contributed by atoms with van der Waals surface area (Å²) in [5.74, 6) is 2.27. The Morgan fingerprint density at radius 2 is 2.05 bits per heavy atom. The number of nitrogens with zero attached hydrogens (tertiary/aromatic N) is 1. The molecule has 0 aromatic heterocycles. The maximum atomic E-state index is 6.16. The van der Waals surface area contributed by atoms with Crippen molar-refractivity contribution in [2.24, 2.45) is 11.8 Å². The molecule has 2 atom stereocenters. The Kier molecular flexibility index (Phi) is 5.99. The summed E-state index contributed by atoms with van der Waals surface area (Å²) in [6.07, 6.45) is 5.27. The monoisotopic (exact) mass is 322 g/mol. The Bertz CT molecular complexity index is 462. The van der Waals surface area contributed by atoms with E-state index in [4.69, 9.17) is 16.3 Å². The van der Waals surface area contributed by atoms with Crippen molar-refractivity contribution in [3.63, 3.8) is 0 Å². The molecule has 0 aliphatic carbocycles. The van der Waals surface area contributed by atoms with E-state index in [1.807, 2.05) is 24.3 Å². The summed E-state index contributed by atoms with van der Waals surface area (Å²) in [5.41, 5.74) is 0. The zero-order valence-corrected chi connectivity index (χ0v) is 14.0. The standard InChI is InChI=1S/C18H27ClN2O/c19-17-7-1-2-8-18(17)22-14-16-6-4-10-21(13-16)12-15-5-3-9-20-11-15/h1-2,7-8,15-16,20H,3-6,9-14H2. The van der Waals surface area contributed by atoms with E-state index in [2.05, 4.69) is 10.2 Å². The Hall–Kier alpha value is -0.770. The first kappa shape index (κ1) is 16.1. The number of likely N-dealkylation sites (tertiary alicyclic amines) is 1. The number of benzene rings is 1. The summed E-state index contributed by atoms with van der Waals surface area (Å²) in [6, 6.07) is 7.76. The van der Waals surface area contributed by atoms with Crippen molar-refractivity contribution in [2.75, 3.05) is 39.3 Å². The predicted octanol–water partition coefficient (Wildman–Crippen LogP) is 3.43. The summed E-state index contributed by atoms with van der Waals surface area (Å²) >= 11 is 6.16. The second-order valence-corrected chi connectivity index (χ2v) is 7.13. The molecule has 2 heterocycles. The van der Waals surface area contributed by atoms with Crippen LogP contribution < -0.4 is 10.1 Å². The van der Waals surface area contributed by atoms with Gasteiger partial charge in [0.25, 0.3) is 0 Å². The van der Waals surface area contributed by atoms with Crippen LogP contribution in [0.25, 0.3) is 0 Å². The van der Waals surface area contributed by atoms with Gasteiger partial charge in [-0.15, -0.1) is 0 Å². The number of rotatable bonds is 5. The first-order valence-electron chi connectivity index (χ1n) is 8.61. The maximum absolute atomic E-state index is 6.16. The molecule has 2 aliphatic heterocycles. The molecule has 3 nitrogen and oxygen atoms in total. The molecule has 2 aliphatic rings. The van der Waals surface area contributed by atoms with Crippen molar-refractivity contribution in [1.82, 2.24) is 10.2 Å². The Morgan fingerprint density at radius 1 is 1.18 bits per heavy atom. The van der Waals surface area contributed by atoms with Gasteiger partial charge in [-0.05, 0) is 63.4 Å². The molecule has 2 unspecified atom stereocenters. The molecule has 2 saturated heterocycles. The number of para-hydroxylation sites is 1. The Balaban J connectivity index is 1.45. The fraction of sp³-hybridized carbons (Fsp3) is 0.667. The van der Waals surface area contributed by atoms with Crippen LogP contribution >= 0.6 is 11.6 Å². The highest BCUT2D eigenvalue weighted by Crippen LogP contribution is 2.25. The number of ether oxygens (including phenoxy) is 1. The molecule has 1 N–H and O–H groups in total. The lowest BCUT2D eigenvalue weighted by molar-refractivity contribution is 0.111. The van der Waals surface area contributed by atoms with Gasteiger partial charge in [0.1, 0.15) is 5.75 Å². The number of nitrogens with one attached hydrogen (secondary N) is 1. The van der Waals surface area contributed by atoms with Crippen LogP contribution in [0.2, 0.25) is 5.02 Å². The lowest BCUT2D eigenvalue weighted by Gasteiger charge is -2.36. The number of piperidine rings is 2. The van der Waals surface area contributed by atoms with Crippen LogP contribution in [0.1, 0.15) is 25.7 Å². The van der Waals surface area contributed by atoms with Crippen molar-refractivity contribution in [3.8, 4) is 5.75 Å². The van der Waals surface area contributed by atoms with E-state index in [0.717, 1.165) is 18.3 Å². The SMILES string of the molecule is Clc1ccccc1OCC1CCCN(CC2CCCNC2)C1. The summed E-state index contributed by atoms with van der Waals surface area (Å²) < 4.78 is 5.94. The number of hydrogen-bond acceptors (Lipinski definition) is 3. The fourth-order valence-corrected chi connectivity index (χ4v) is 3.86. The van der Waals surface area contributed by atoms with E-state index in [1.54, 1.807) is 0 Å². The molecule has 0 saturated carbocycles. The lowest BCUT2D eigenvalue weighted by atomic mass is 9.95. The van der Waals surface area contributed by atoms with Gasteiger partial charge >= 0.3 is 0 Å². The third kappa shape index (κ3) is 4.61. The molecule has 4 heteroatoms. The Labute approximate surface area is 139 Å². The summed E-state index contributed by atoms with van der Waals surface area (Å²) in [7, 11) is 0. The maximum Gasteiger partial charge on any atom is 0.137 e. The predicted molar refractivity (Wildman–Crippen MR) is 91.7 cm³/mol. The summed E-state index contributed by atoms with van der Waals surface area (Å²) in [6.45, 7) is 6.83. The van der Waals surface area contributed by atoms with Crippen LogP contribution in [-0.2, 0) is 0 Å². The van der Waals surface area contributed by atoms with E-state index in [9.17, 15) is 0 Å². The highest BCUT2D eigenvalue weighted by atomic mass is 35.5. The molecular weight excluding hydrogens is 296 g/mol. The molecule has 1 aromatic carbocycles. The molecule has 22 heavy (non-hydrogen) atoms. The van der Waals surface area contributed by atoms with Gasteiger partial charge in [-0.1, -0.05) is 23.7 Å². The zero-order chi connectivity index (χ0) is 15.2. The van der Waals surface area contributed by atoms with Crippen LogP contribution in [0, 0.1) is 11.8 Å². The Morgan fingerprint density at radius 3 is 2.86 bits per heavy atom. The average molecular weight is 323 g/mol. The number of halogens is 1. The molecule has 1 aromatic rings. The lowest BCUT2D eigenvalue weighted by Crippen LogP contribution is -2.43. The smallest absolute Gasteiger partial charge is 0.137 e. The largest absolute Gasteiger partial charge is 0.492 e. The third-order valence-electron chi connectivity index (χ3n) is 4.83. The van der Waals surface area contributed by atoms with Crippen LogP contribution in [-0.4, -0.2) is 44.2 Å². The fourth-order valence-electron chi connectivity index (χ4n) is 3.67. The van der Waals surface area contributed by atoms with Gasteiger partial charge < -0.3 is 15.0 Å². The minimum absolute atomic E-state index is 0.626. The van der Waals surface area contributed by atoms with Gasteiger partial charge in [0.2, 0.25) is 0 Å². The second kappa shape index (κ2) is 8.19. The van der Waals surface area contributed by atoms with Crippen LogP contribution in [0.15, 0.2) is 24.3 Å². The highest BCUT2D eigenvalue weighted by molar-refractivity contribution is 6.32. The summed E-state index contributed by atoms with van der Waals surface area (Å²) in [5, 5.41) is 4.23. The van der Waals surface area contributed by atoms with Crippen LogP contribution in [0.4, 0.5) is 0 Å². The molecule has 0 radical (unpaired) electrons. The van der Waals surface area contributed by atoms with Crippen molar-refractivity contribution in [1.29, 1.82) is 0 Å². The minimum Gasteiger partial charge on any atom is -0.492 e. The van der Waals surface area contributed by atoms with Crippen molar-refractivity contribution in [2.45, 2.75) is 25.7 Å². The van der Waals surface area contributed by atoms with Gasteiger partial charge in [-0.25, -0.2) is 0 Å².